The van der Waals surface area contributed by atoms with E-state index in [2.05, 4.69) is 48.6 Å². The first-order valence-electron chi connectivity index (χ1n) is 13.5. The van der Waals surface area contributed by atoms with Gasteiger partial charge in [0.1, 0.15) is 12.1 Å². The van der Waals surface area contributed by atoms with Crippen molar-refractivity contribution in [1.82, 2.24) is 18.7 Å². The SMILES string of the molecule is C[C@H](CS(=O)(=O)NC1CC(N(C)c2ncnc3c2ccn3S(=O)(=O)Cc2ccccc2)C1)O[Si](C)(C)C(C)(C)C. The summed E-state index contributed by atoms with van der Waals surface area (Å²) >= 11 is 0. The number of fused-ring (bicyclic) bond motifs is 1. The van der Waals surface area contributed by atoms with E-state index >= 15 is 0 Å². The van der Waals surface area contributed by atoms with Gasteiger partial charge in [0, 0.05) is 25.3 Å². The van der Waals surface area contributed by atoms with Gasteiger partial charge in [-0.3, -0.25) is 0 Å². The fourth-order valence-corrected chi connectivity index (χ4v) is 9.23. The van der Waals surface area contributed by atoms with Crippen molar-refractivity contribution in [2.45, 2.75) is 82.6 Å². The number of benzene rings is 1. The molecule has 0 amide bonds. The number of rotatable bonds is 11. The molecule has 40 heavy (non-hydrogen) atoms. The largest absolute Gasteiger partial charge is 0.413 e. The van der Waals surface area contributed by atoms with Gasteiger partial charge in [-0.1, -0.05) is 51.1 Å². The Morgan fingerprint density at radius 3 is 2.38 bits per heavy atom. The number of nitrogens with one attached hydrogen (secondary N) is 1. The van der Waals surface area contributed by atoms with Crippen molar-refractivity contribution in [3.05, 3.63) is 54.5 Å². The molecular weight excluding hydrogens is 567 g/mol. The van der Waals surface area contributed by atoms with E-state index in [9.17, 15) is 16.8 Å². The van der Waals surface area contributed by atoms with Gasteiger partial charge in [-0.05, 0) is 49.5 Å². The zero-order chi connectivity index (χ0) is 29.5. The van der Waals surface area contributed by atoms with Gasteiger partial charge < -0.3 is 9.33 Å². The second kappa shape index (κ2) is 11.2. The molecule has 1 aliphatic carbocycles. The Balaban J connectivity index is 1.39. The predicted molar refractivity (Wildman–Crippen MR) is 162 cm³/mol. The van der Waals surface area contributed by atoms with Crippen LogP contribution in [0.15, 0.2) is 48.9 Å². The number of aromatic nitrogens is 3. The van der Waals surface area contributed by atoms with Gasteiger partial charge in [-0.25, -0.2) is 35.5 Å². The van der Waals surface area contributed by atoms with Crippen LogP contribution in [-0.4, -0.2) is 70.1 Å². The molecule has 1 atom stereocenters. The minimum Gasteiger partial charge on any atom is -0.413 e. The first-order chi connectivity index (χ1) is 18.5. The Morgan fingerprint density at radius 2 is 1.75 bits per heavy atom. The molecule has 10 nitrogen and oxygen atoms in total. The second-order valence-electron chi connectivity index (χ2n) is 12.3. The molecular formula is C27H41N5O5S2Si. The Kier molecular flexibility index (Phi) is 8.55. The molecule has 0 unspecified atom stereocenters. The van der Waals surface area contributed by atoms with Gasteiger partial charge in [-0.2, -0.15) is 0 Å². The van der Waals surface area contributed by atoms with Gasteiger partial charge in [-0.15, -0.1) is 0 Å². The van der Waals surface area contributed by atoms with E-state index in [1.54, 1.807) is 18.2 Å². The summed E-state index contributed by atoms with van der Waals surface area (Å²) in [6.07, 6.45) is 3.72. The zero-order valence-electron chi connectivity index (χ0n) is 24.3. The van der Waals surface area contributed by atoms with Gasteiger partial charge in [0.15, 0.2) is 14.0 Å². The minimum atomic E-state index is -3.69. The third kappa shape index (κ3) is 6.76. The summed E-state index contributed by atoms with van der Waals surface area (Å²) in [4.78, 5) is 10.7. The predicted octanol–water partition coefficient (Wildman–Crippen LogP) is 4.11. The molecule has 2 aromatic heterocycles. The van der Waals surface area contributed by atoms with Crippen LogP contribution in [0.2, 0.25) is 18.1 Å². The van der Waals surface area contributed by atoms with E-state index in [0.717, 1.165) is 0 Å². The summed E-state index contributed by atoms with van der Waals surface area (Å²) in [5, 5.41) is 0.631. The van der Waals surface area contributed by atoms with Crippen molar-refractivity contribution in [3.63, 3.8) is 0 Å². The third-order valence-electron chi connectivity index (χ3n) is 8.02. The first kappa shape index (κ1) is 30.6. The number of nitrogens with zero attached hydrogens (tertiary/aromatic N) is 4. The van der Waals surface area contributed by atoms with E-state index in [-0.39, 0.29) is 28.6 Å². The lowest BCUT2D eigenvalue weighted by Gasteiger charge is -2.42. The van der Waals surface area contributed by atoms with E-state index in [4.69, 9.17) is 4.43 Å². The van der Waals surface area contributed by atoms with Crippen molar-refractivity contribution in [3.8, 4) is 0 Å². The lowest BCUT2D eigenvalue weighted by atomic mass is 9.86. The lowest BCUT2D eigenvalue weighted by Crippen LogP contribution is -2.54. The molecule has 1 aliphatic rings. The summed E-state index contributed by atoms with van der Waals surface area (Å²) in [6.45, 7) is 12.5. The van der Waals surface area contributed by atoms with Crippen LogP contribution in [0.4, 0.5) is 5.82 Å². The van der Waals surface area contributed by atoms with Crippen LogP contribution in [0.1, 0.15) is 46.1 Å². The Morgan fingerprint density at radius 1 is 1.10 bits per heavy atom. The van der Waals surface area contributed by atoms with Crippen molar-refractivity contribution in [2.24, 2.45) is 0 Å². The second-order valence-corrected chi connectivity index (χ2v) is 20.7. The molecule has 4 rings (SSSR count). The molecule has 1 N–H and O–H groups in total. The molecule has 13 heteroatoms. The number of hydrogen-bond donors (Lipinski definition) is 1. The lowest BCUT2D eigenvalue weighted by molar-refractivity contribution is 0.219. The molecule has 0 radical (unpaired) electrons. The zero-order valence-corrected chi connectivity index (χ0v) is 27.0. The molecule has 0 bridgehead atoms. The molecule has 3 aromatic rings. The summed E-state index contributed by atoms with van der Waals surface area (Å²) < 4.78 is 62.3. The average molecular weight is 608 g/mol. The van der Waals surface area contributed by atoms with Crippen molar-refractivity contribution < 1.29 is 21.3 Å². The molecule has 2 heterocycles. The van der Waals surface area contributed by atoms with Gasteiger partial charge >= 0.3 is 0 Å². The smallest absolute Gasteiger partial charge is 0.244 e. The van der Waals surface area contributed by atoms with Crippen molar-refractivity contribution in [1.29, 1.82) is 0 Å². The highest BCUT2D eigenvalue weighted by Gasteiger charge is 2.40. The fraction of sp³-hybridized carbons (Fsp3) is 0.556. The monoisotopic (exact) mass is 607 g/mol. The Hall–Kier alpha value is -2.32. The van der Waals surface area contributed by atoms with Crippen LogP contribution in [-0.2, 0) is 30.2 Å². The van der Waals surface area contributed by atoms with Crippen LogP contribution in [0.25, 0.3) is 11.0 Å². The summed E-state index contributed by atoms with van der Waals surface area (Å²) in [6, 6.07) is 10.6. The molecule has 1 saturated carbocycles. The number of hydrogen-bond acceptors (Lipinski definition) is 8. The quantitative estimate of drug-likeness (QED) is 0.323. The highest BCUT2D eigenvalue weighted by Crippen LogP contribution is 2.37. The maximum absolute atomic E-state index is 13.2. The van der Waals surface area contributed by atoms with E-state index in [1.807, 2.05) is 37.1 Å². The highest BCUT2D eigenvalue weighted by atomic mass is 32.2. The summed E-state index contributed by atoms with van der Waals surface area (Å²) in [7, 11) is -7.38. The van der Waals surface area contributed by atoms with Gasteiger partial charge in [0.05, 0.1) is 23.0 Å². The first-order valence-corrected chi connectivity index (χ1v) is 19.7. The Bertz CT molecular complexity index is 1550. The summed E-state index contributed by atoms with van der Waals surface area (Å²) in [5.74, 6) is 0.395. The van der Waals surface area contributed by atoms with E-state index < -0.39 is 34.5 Å². The molecule has 1 fully saturated rings. The summed E-state index contributed by atoms with van der Waals surface area (Å²) in [5.41, 5.74) is 1.01. The number of sulfonamides is 1. The van der Waals surface area contributed by atoms with Crippen molar-refractivity contribution in [2.75, 3.05) is 17.7 Å². The third-order valence-corrected chi connectivity index (χ3v) is 15.8. The maximum atomic E-state index is 13.2. The highest BCUT2D eigenvalue weighted by molar-refractivity contribution is 7.89. The maximum Gasteiger partial charge on any atom is 0.244 e. The molecule has 0 saturated heterocycles. The average Bonchev–Trinajstić information content (AvgIpc) is 3.25. The van der Waals surface area contributed by atoms with Gasteiger partial charge in [0.2, 0.25) is 20.0 Å². The van der Waals surface area contributed by atoms with E-state index in [0.29, 0.717) is 35.3 Å². The van der Waals surface area contributed by atoms with Crippen LogP contribution in [0.5, 0.6) is 0 Å². The topological polar surface area (TPSA) is 123 Å². The molecule has 1 aromatic carbocycles. The molecule has 0 spiro atoms. The minimum absolute atomic E-state index is 0.00367. The molecule has 220 valence electrons. The van der Waals surface area contributed by atoms with Crippen LogP contribution in [0.3, 0.4) is 0 Å². The standard InChI is InChI=1S/C27H41N5O5S2Si/c1-20(37-40(6,7)27(2,3)4)17-38(33,34)30-22-15-23(16-22)31(5)25-24-13-14-32(26(24)29-19-28-25)39(35,36)18-21-11-9-8-10-12-21/h8-14,19-20,22-23,30H,15-18H2,1-7H3/t20-,22?,23?/m1/s1. The van der Waals surface area contributed by atoms with Crippen LogP contribution >= 0.6 is 0 Å². The van der Waals surface area contributed by atoms with E-state index in [1.165, 1.54) is 16.5 Å². The van der Waals surface area contributed by atoms with Crippen LogP contribution < -0.4 is 9.62 Å². The van der Waals surface area contributed by atoms with Crippen molar-refractivity contribution >= 4 is 45.2 Å². The fourth-order valence-electron chi connectivity index (χ4n) is 4.77. The number of anilines is 1. The Labute approximate surface area is 239 Å². The molecule has 0 aliphatic heterocycles. The normalized spacial score (nSPS) is 19.4. The van der Waals surface area contributed by atoms with Crippen LogP contribution in [0, 0.1) is 0 Å². The van der Waals surface area contributed by atoms with Gasteiger partial charge in [0.25, 0.3) is 0 Å².